The van der Waals surface area contributed by atoms with Gasteiger partial charge in [-0.15, -0.1) is 0 Å². The Bertz CT molecular complexity index is 181. The lowest BCUT2D eigenvalue weighted by atomic mass is 10.1. The first-order chi connectivity index (χ1) is 7.56. The summed E-state index contributed by atoms with van der Waals surface area (Å²) in [4.78, 5) is 11.5. The van der Waals surface area contributed by atoms with Gasteiger partial charge in [-0.05, 0) is 33.1 Å². The molecule has 3 nitrogen and oxygen atoms in total. The van der Waals surface area contributed by atoms with E-state index in [9.17, 15) is 4.79 Å². The molecule has 0 saturated carbocycles. The summed E-state index contributed by atoms with van der Waals surface area (Å²) in [6.07, 6.45) is 7.22. The summed E-state index contributed by atoms with van der Waals surface area (Å²) in [6.45, 7) is 6.25. The summed E-state index contributed by atoms with van der Waals surface area (Å²) in [5.41, 5.74) is 5.63. The fourth-order valence-corrected chi connectivity index (χ4v) is 1.70. The van der Waals surface area contributed by atoms with Crippen LogP contribution < -0.4 is 11.1 Å². The molecule has 0 radical (unpaired) electrons. The zero-order valence-electron chi connectivity index (χ0n) is 11.1. The Kier molecular flexibility index (Phi) is 9.30. The molecule has 0 fully saturated rings. The van der Waals surface area contributed by atoms with Crippen LogP contribution in [0.25, 0.3) is 0 Å². The first kappa shape index (κ1) is 15.4. The van der Waals surface area contributed by atoms with E-state index in [1.165, 1.54) is 19.3 Å². The lowest BCUT2D eigenvalue weighted by Gasteiger charge is -2.13. The summed E-state index contributed by atoms with van der Waals surface area (Å²) in [6, 6.07) is 0.518. The lowest BCUT2D eigenvalue weighted by molar-refractivity contribution is -0.121. The molecule has 0 aliphatic carbocycles. The molecule has 2 atom stereocenters. The molecule has 0 aliphatic heterocycles. The molecule has 1 amide bonds. The Hall–Kier alpha value is -0.570. The van der Waals surface area contributed by atoms with Gasteiger partial charge in [0.2, 0.25) is 5.91 Å². The van der Waals surface area contributed by atoms with Crippen molar-refractivity contribution in [3.05, 3.63) is 0 Å². The summed E-state index contributed by atoms with van der Waals surface area (Å²) >= 11 is 0. The van der Waals surface area contributed by atoms with Gasteiger partial charge >= 0.3 is 0 Å². The van der Waals surface area contributed by atoms with Crippen molar-refractivity contribution in [1.29, 1.82) is 0 Å². The zero-order chi connectivity index (χ0) is 12.4. The van der Waals surface area contributed by atoms with Crippen LogP contribution in [0, 0.1) is 0 Å². The van der Waals surface area contributed by atoms with E-state index in [2.05, 4.69) is 19.2 Å². The van der Waals surface area contributed by atoms with E-state index in [0.29, 0.717) is 12.5 Å². The third kappa shape index (κ3) is 9.97. The van der Waals surface area contributed by atoms with Gasteiger partial charge in [0.25, 0.3) is 0 Å². The number of hydrogen-bond acceptors (Lipinski definition) is 2. The minimum absolute atomic E-state index is 0.171. The van der Waals surface area contributed by atoms with Crippen LogP contribution in [0.1, 0.15) is 65.7 Å². The molecule has 0 aromatic heterocycles. The van der Waals surface area contributed by atoms with Crippen LogP contribution >= 0.6 is 0 Å². The van der Waals surface area contributed by atoms with Gasteiger partial charge in [0, 0.05) is 18.5 Å². The predicted octanol–water partition coefficient (Wildman–Crippen LogP) is 2.59. The maximum Gasteiger partial charge on any atom is 0.220 e. The second kappa shape index (κ2) is 9.64. The molecule has 0 spiro atoms. The van der Waals surface area contributed by atoms with Crippen LogP contribution in [0.5, 0.6) is 0 Å². The first-order valence-electron chi connectivity index (χ1n) is 6.61. The lowest BCUT2D eigenvalue weighted by Crippen LogP contribution is -2.32. The molecule has 0 aromatic rings. The molecule has 96 valence electrons. The van der Waals surface area contributed by atoms with Crippen LogP contribution in [-0.4, -0.2) is 18.0 Å². The topological polar surface area (TPSA) is 55.1 Å². The molecule has 0 heterocycles. The summed E-state index contributed by atoms with van der Waals surface area (Å²) in [5, 5.41) is 3.03. The van der Waals surface area contributed by atoms with Gasteiger partial charge in [0.1, 0.15) is 0 Å². The molecule has 3 N–H and O–H groups in total. The van der Waals surface area contributed by atoms with Crippen LogP contribution in [0.2, 0.25) is 0 Å². The van der Waals surface area contributed by atoms with Crippen LogP contribution in [0.15, 0.2) is 0 Å². The molecule has 0 aromatic carbocycles. The van der Waals surface area contributed by atoms with Gasteiger partial charge in [0.15, 0.2) is 0 Å². The molecule has 2 unspecified atom stereocenters. The van der Waals surface area contributed by atoms with E-state index in [1.807, 2.05) is 6.92 Å². The van der Waals surface area contributed by atoms with Crippen molar-refractivity contribution >= 4 is 5.91 Å². The van der Waals surface area contributed by atoms with Gasteiger partial charge in [-0.1, -0.05) is 26.2 Å². The molecular formula is C13H28N2O. The van der Waals surface area contributed by atoms with Gasteiger partial charge in [0.05, 0.1) is 0 Å². The van der Waals surface area contributed by atoms with Crippen molar-refractivity contribution in [3.8, 4) is 0 Å². The van der Waals surface area contributed by atoms with Crippen LogP contribution in [0.4, 0.5) is 0 Å². The minimum atomic E-state index is 0.171. The number of carbonyl (C=O) groups excluding carboxylic acids is 1. The van der Waals surface area contributed by atoms with Crippen molar-refractivity contribution in [2.24, 2.45) is 5.73 Å². The van der Waals surface area contributed by atoms with E-state index in [-0.39, 0.29) is 11.9 Å². The van der Waals surface area contributed by atoms with Crippen molar-refractivity contribution in [2.45, 2.75) is 77.8 Å². The Labute approximate surface area is 100 Å². The van der Waals surface area contributed by atoms with Gasteiger partial charge in [-0.25, -0.2) is 0 Å². The molecule has 16 heavy (non-hydrogen) atoms. The van der Waals surface area contributed by atoms with Crippen molar-refractivity contribution in [2.75, 3.05) is 0 Å². The van der Waals surface area contributed by atoms with Gasteiger partial charge < -0.3 is 11.1 Å². The fourth-order valence-electron chi connectivity index (χ4n) is 1.70. The van der Waals surface area contributed by atoms with Crippen molar-refractivity contribution in [1.82, 2.24) is 5.32 Å². The van der Waals surface area contributed by atoms with Crippen LogP contribution in [-0.2, 0) is 4.79 Å². The largest absolute Gasteiger partial charge is 0.354 e. The SMILES string of the molecule is CCCCCC(C)NC(=O)CCCC(C)N. The van der Waals surface area contributed by atoms with E-state index in [1.54, 1.807) is 0 Å². The number of rotatable bonds is 9. The molecule has 0 bridgehead atoms. The van der Waals surface area contributed by atoms with E-state index in [0.717, 1.165) is 19.3 Å². The summed E-state index contributed by atoms with van der Waals surface area (Å²) in [7, 11) is 0. The van der Waals surface area contributed by atoms with Crippen molar-refractivity contribution in [3.63, 3.8) is 0 Å². The number of amides is 1. The van der Waals surface area contributed by atoms with E-state index >= 15 is 0 Å². The Morgan fingerprint density at radius 2 is 1.88 bits per heavy atom. The normalized spacial score (nSPS) is 14.5. The monoisotopic (exact) mass is 228 g/mol. The molecule has 0 aliphatic rings. The highest BCUT2D eigenvalue weighted by atomic mass is 16.1. The number of nitrogens with one attached hydrogen (secondary N) is 1. The zero-order valence-corrected chi connectivity index (χ0v) is 11.1. The third-order valence-electron chi connectivity index (χ3n) is 2.71. The summed E-state index contributed by atoms with van der Waals surface area (Å²) in [5.74, 6) is 0.171. The second-order valence-corrected chi connectivity index (χ2v) is 4.83. The predicted molar refractivity (Wildman–Crippen MR) is 69.2 cm³/mol. The average Bonchev–Trinajstić information content (AvgIpc) is 2.17. The van der Waals surface area contributed by atoms with Gasteiger partial charge in [-0.3, -0.25) is 4.79 Å². The number of unbranched alkanes of at least 4 members (excludes halogenated alkanes) is 2. The highest BCUT2D eigenvalue weighted by Gasteiger charge is 2.07. The maximum absolute atomic E-state index is 11.5. The molecule has 3 heteroatoms. The first-order valence-corrected chi connectivity index (χ1v) is 6.61. The fraction of sp³-hybridized carbons (Fsp3) is 0.923. The Morgan fingerprint density at radius 1 is 1.19 bits per heavy atom. The second-order valence-electron chi connectivity index (χ2n) is 4.83. The quantitative estimate of drug-likeness (QED) is 0.596. The average molecular weight is 228 g/mol. The van der Waals surface area contributed by atoms with E-state index in [4.69, 9.17) is 5.73 Å². The van der Waals surface area contributed by atoms with Crippen LogP contribution in [0.3, 0.4) is 0 Å². The standard InChI is InChI=1S/C13H28N2O/c1-4-5-6-9-12(3)15-13(16)10-7-8-11(2)14/h11-12H,4-10,14H2,1-3H3,(H,15,16). The molecular weight excluding hydrogens is 200 g/mol. The number of nitrogens with two attached hydrogens (primary N) is 1. The highest BCUT2D eigenvalue weighted by molar-refractivity contribution is 5.76. The van der Waals surface area contributed by atoms with E-state index < -0.39 is 0 Å². The molecule has 0 rings (SSSR count). The van der Waals surface area contributed by atoms with Crippen molar-refractivity contribution < 1.29 is 4.79 Å². The Morgan fingerprint density at radius 3 is 2.44 bits per heavy atom. The number of hydrogen-bond donors (Lipinski definition) is 2. The smallest absolute Gasteiger partial charge is 0.220 e. The summed E-state index contributed by atoms with van der Waals surface area (Å²) < 4.78 is 0. The number of carbonyl (C=O) groups is 1. The third-order valence-corrected chi connectivity index (χ3v) is 2.71. The van der Waals surface area contributed by atoms with Gasteiger partial charge in [-0.2, -0.15) is 0 Å². The Balaban J connectivity index is 3.46. The highest BCUT2D eigenvalue weighted by Crippen LogP contribution is 2.04. The maximum atomic E-state index is 11.5. The molecule has 0 saturated heterocycles. The minimum Gasteiger partial charge on any atom is -0.354 e.